The van der Waals surface area contributed by atoms with E-state index in [-0.39, 0.29) is 12.0 Å². The normalized spacial score (nSPS) is 10.6. The van der Waals surface area contributed by atoms with E-state index in [2.05, 4.69) is 4.74 Å². The van der Waals surface area contributed by atoms with E-state index in [0.29, 0.717) is 12.8 Å². The number of carbonyl (C=O) groups excluding carboxylic acids is 1. The van der Waals surface area contributed by atoms with Gasteiger partial charge in [0.2, 0.25) is 0 Å². The van der Waals surface area contributed by atoms with Gasteiger partial charge in [-0.05, 0) is 12.8 Å². The van der Waals surface area contributed by atoms with E-state index < -0.39 is 5.97 Å². The first-order chi connectivity index (χ1) is 10.7. The third-order valence-electron chi connectivity index (χ3n) is 3.74. The molecule has 22 heavy (non-hydrogen) atoms. The molecule has 0 rings (SSSR count). The Labute approximate surface area is 139 Å². The highest BCUT2D eigenvalue weighted by molar-refractivity contribution is 6.17. The number of aliphatic carboxylic acids is 1. The summed E-state index contributed by atoms with van der Waals surface area (Å²) >= 11 is 5.30. The zero-order valence-electron chi connectivity index (χ0n) is 13.7. The molecule has 0 amide bonds. The molecule has 0 fully saturated rings. The van der Waals surface area contributed by atoms with Gasteiger partial charge in [0.15, 0.2) is 6.07 Å². The van der Waals surface area contributed by atoms with Crippen LogP contribution < -0.4 is 0 Å². The van der Waals surface area contributed by atoms with Crippen LogP contribution in [0.5, 0.6) is 0 Å². The molecule has 0 bridgehead atoms. The van der Waals surface area contributed by atoms with Gasteiger partial charge in [0.05, 0.1) is 0 Å². The summed E-state index contributed by atoms with van der Waals surface area (Å²) in [6.45, 7) is 0. The Hall–Kier alpha value is -0.770. The number of hydrogen-bond donors (Lipinski definition) is 1. The number of alkyl halides is 1. The van der Waals surface area contributed by atoms with Crippen LogP contribution in [0.15, 0.2) is 0 Å². The van der Waals surface area contributed by atoms with Crippen molar-refractivity contribution >= 4 is 23.5 Å². The van der Waals surface area contributed by atoms with Gasteiger partial charge < -0.3 is 9.84 Å². The standard InChI is InChI=1S/C17H31ClO4/c18-15-22-17(21)14-12-10-8-6-4-2-1-3-5-7-9-11-13-16(19)20/h1-15H2,(H,19,20). The predicted molar refractivity (Wildman–Crippen MR) is 89.1 cm³/mol. The lowest BCUT2D eigenvalue weighted by Crippen LogP contribution is -2.01. The zero-order chi connectivity index (χ0) is 16.5. The molecule has 4 nitrogen and oxygen atoms in total. The van der Waals surface area contributed by atoms with Gasteiger partial charge >= 0.3 is 11.9 Å². The summed E-state index contributed by atoms with van der Waals surface area (Å²) < 4.78 is 4.66. The van der Waals surface area contributed by atoms with E-state index in [1.807, 2.05) is 0 Å². The van der Waals surface area contributed by atoms with Gasteiger partial charge in [0, 0.05) is 12.8 Å². The number of carboxylic acids is 1. The Kier molecular flexibility index (Phi) is 16.0. The lowest BCUT2D eigenvalue weighted by Gasteiger charge is -2.03. The molecule has 0 saturated heterocycles. The molecule has 0 aliphatic heterocycles. The minimum atomic E-state index is -0.684. The molecule has 0 aliphatic carbocycles. The lowest BCUT2D eigenvalue weighted by atomic mass is 10.0. The highest BCUT2D eigenvalue weighted by Crippen LogP contribution is 2.13. The number of rotatable bonds is 16. The van der Waals surface area contributed by atoms with Crippen molar-refractivity contribution in [2.24, 2.45) is 0 Å². The van der Waals surface area contributed by atoms with Crippen LogP contribution in [0.4, 0.5) is 0 Å². The van der Waals surface area contributed by atoms with Crippen LogP contribution in [0.25, 0.3) is 0 Å². The van der Waals surface area contributed by atoms with Crippen molar-refractivity contribution in [2.45, 2.75) is 89.9 Å². The van der Waals surface area contributed by atoms with Crippen molar-refractivity contribution in [3.8, 4) is 0 Å². The van der Waals surface area contributed by atoms with Gasteiger partial charge in [-0.2, -0.15) is 0 Å². The Morgan fingerprint density at radius 3 is 1.41 bits per heavy atom. The molecule has 5 heteroatoms. The summed E-state index contributed by atoms with van der Waals surface area (Å²) in [6.07, 6.45) is 14.5. The molecular weight excluding hydrogens is 304 g/mol. The summed E-state index contributed by atoms with van der Waals surface area (Å²) in [5.41, 5.74) is 0. The van der Waals surface area contributed by atoms with Gasteiger partial charge in [-0.25, -0.2) is 0 Å². The molecule has 0 aromatic carbocycles. The maximum atomic E-state index is 11.0. The summed E-state index contributed by atoms with van der Waals surface area (Å²) in [4.78, 5) is 21.4. The molecular formula is C17H31ClO4. The highest BCUT2D eigenvalue weighted by Gasteiger charge is 2.01. The fourth-order valence-corrected chi connectivity index (χ4v) is 2.57. The fourth-order valence-electron chi connectivity index (χ4n) is 2.45. The van der Waals surface area contributed by atoms with Crippen LogP contribution in [0, 0.1) is 0 Å². The van der Waals surface area contributed by atoms with Gasteiger partial charge in [-0.1, -0.05) is 75.8 Å². The quantitative estimate of drug-likeness (QED) is 0.237. The van der Waals surface area contributed by atoms with Crippen LogP contribution in [0.2, 0.25) is 0 Å². The molecule has 0 aromatic heterocycles. The number of carbonyl (C=O) groups is 2. The minimum Gasteiger partial charge on any atom is -0.481 e. The van der Waals surface area contributed by atoms with E-state index in [1.165, 1.54) is 44.9 Å². The fraction of sp³-hybridized carbons (Fsp3) is 0.882. The second kappa shape index (κ2) is 16.6. The number of ether oxygens (including phenoxy) is 1. The third-order valence-corrected chi connectivity index (χ3v) is 3.85. The molecule has 0 saturated carbocycles. The van der Waals surface area contributed by atoms with Gasteiger partial charge in [0.1, 0.15) is 0 Å². The first-order valence-corrected chi connectivity index (χ1v) is 9.13. The minimum absolute atomic E-state index is 0.0433. The topological polar surface area (TPSA) is 63.6 Å². The predicted octanol–water partition coefficient (Wildman–Crippen LogP) is 5.27. The van der Waals surface area contributed by atoms with Crippen LogP contribution in [-0.2, 0) is 14.3 Å². The number of esters is 1. The van der Waals surface area contributed by atoms with Crippen LogP contribution in [-0.4, -0.2) is 23.1 Å². The van der Waals surface area contributed by atoms with Crippen molar-refractivity contribution in [1.82, 2.24) is 0 Å². The number of hydrogen-bond acceptors (Lipinski definition) is 3. The van der Waals surface area contributed by atoms with E-state index >= 15 is 0 Å². The molecule has 0 unspecified atom stereocenters. The van der Waals surface area contributed by atoms with E-state index in [4.69, 9.17) is 16.7 Å². The largest absolute Gasteiger partial charge is 0.481 e. The molecule has 0 aromatic rings. The molecule has 0 spiro atoms. The molecule has 130 valence electrons. The van der Waals surface area contributed by atoms with Crippen LogP contribution >= 0.6 is 11.6 Å². The average Bonchev–Trinajstić information content (AvgIpc) is 2.47. The Morgan fingerprint density at radius 2 is 1.05 bits per heavy atom. The highest BCUT2D eigenvalue weighted by atomic mass is 35.5. The monoisotopic (exact) mass is 334 g/mol. The second-order valence-corrected chi connectivity index (χ2v) is 5.98. The first-order valence-electron chi connectivity index (χ1n) is 8.60. The first kappa shape index (κ1) is 21.2. The number of unbranched alkanes of at least 4 members (excludes halogenated alkanes) is 11. The molecule has 1 N–H and O–H groups in total. The van der Waals surface area contributed by atoms with Crippen LogP contribution in [0.3, 0.4) is 0 Å². The van der Waals surface area contributed by atoms with Crippen LogP contribution in [0.1, 0.15) is 89.9 Å². The Morgan fingerprint density at radius 1 is 0.682 bits per heavy atom. The Bertz CT molecular complexity index is 282. The maximum Gasteiger partial charge on any atom is 0.306 e. The van der Waals surface area contributed by atoms with Gasteiger partial charge in [0.25, 0.3) is 0 Å². The summed E-state index contributed by atoms with van der Waals surface area (Å²) in [7, 11) is 0. The second-order valence-electron chi connectivity index (χ2n) is 5.76. The lowest BCUT2D eigenvalue weighted by molar-refractivity contribution is -0.141. The van der Waals surface area contributed by atoms with E-state index in [0.717, 1.165) is 32.1 Å². The maximum absolute atomic E-state index is 11.0. The zero-order valence-corrected chi connectivity index (χ0v) is 14.4. The number of carboxylic acid groups (broad SMARTS) is 1. The van der Waals surface area contributed by atoms with Crippen molar-refractivity contribution in [3.63, 3.8) is 0 Å². The van der Waals surface area contributed by atoms with Crippen molar-refractivity contribution in [2.75, 3.05) is 6.07 Å². The molecule has 0 radical (unpaired) electrons. The van der Waals surface area contributed by atoms with Gasteiger partial charge in [-0.15, -0.1) is 0 Å². The third kappa shape index (κ3) is 17.3. The molecule has 0 atom stereocenters. The summed E-state index contributed by atoms with van der Waals surface area (Å²) in [6, 6.07) is -0.0433. The van der Waals surface area contributed by atoms with E-state index in [1.54, 1.807) is 0 Å². The Balaban J connectivity index is 3.05. The van der Waals surface area contributed by atoms with Crippen molar-refractivity contribution in [3.05, 3.63) is 0 Å². The SMILES string of the molecule is O=C(O)CCCCCCCCCCCCCCC(=O)OCCl. The smallest absolute Gasteiger partial charge is 0.306 e. The van der Waals surface area contributed by atoms with Crippen molar-refractivity contribution in [1.29, 1.82) is 0 Å². The molecule has 0 aliphatic rings. The summed E-state index contributed by atoms with van der Waals surface area (Å²) in [5.74, 6) is -0.880. The summed E-state index contributed by atoms with van der Waals surface area (Å²) in [5, 5.41) is 8.51. The van der Waals surface area contributed by atoms with Crippen molar-refractivity contribution < 1.29 is 19.4 Å². The average molecular weight is 335 g/mol. The van der Waals surface area contributed by atoms with E-state index in [9.17, 15) is 9.59 Å². The number of halogens is 1. The molecule has 0 heterocycles. The van der Waals surface area contributed by atoms with Gasteiger partial charge in [-0.3, -0.25) is 9.59 Å².